The Balaban J connectivity index is 1.14. The molecular weight excluding hydrogens is 562 g/mol. The third-order valence-corrected chi connectivity index (χ3v) is 9.73. The number of furan rings is 1. The highest BCUT2D eigenvalue weighted by Gasteiger charge is 2.50. The van der Waals surface area contributed by atoms with Crippen LogP contribution in [0.3, 0.4) is 0 Å². The van der Waals surface area contributed by atoms with Crippen molar-refractivity contribution in [2.75, 3.05) is 5.32 Å². The zero-order valence-electron chi connectivity index (χ0n) is 24.8. The number of para-hydroxylation sites is 1. The predicted molar refractivity (Wildman–Crippen MR) is 186 cm³/mol. The first kappa shape index (κ1) is 25.3. The highest BCUT2D eigenvalue weighted by Crippen LogP contribution is 2.62. The Morgan fingerprint density at radius 2 is 1.15 bits per heavy atom. The van der Waals surface area contributed by atoms with E-state index in [4.69, 9.17) is 9.15 Å². The molecule has 0 bridgehead atoms. The average Bonchev–Trinajstić information content (AvgIpc) is 3.63. The van der Waals surface area contributed by atoms with Gasteiger partial charge in [0.25, 0.3) is 0 Å². The molecule has 1 aliphatic carbocycles. The Hall–Kier alpha value is -6.06. The second-order valence-electron chi connectivity index (χ2n) is 12.1. The van der Waals surface area contributed by atoms with Crippen LogP contribution in [-0.2, 0) is 5.41 Å². The number of benzene rings is 7. The fourth-order valence-electron chi connectivity index (χ4n) is 7.84. The molecule has 0 amide bonds. The van der Waals surface area contributed by atoms with Crippen molar-refractivity contribution >= 4 is 33.3 Å². The van der Waals surface area contributed by atoms with Crippen LogP contribution in [0.1, 0.15) is 22.3 Å². The minimum atomic E-state index is -0.468. The summed E-state index contributed by atoms with van der Waals surface area (Å²) in [6, 6.07) is 55.8. The molecule has 8 aromatic rings. The van der Waals surface area contributed by atoms with Gasteiger partial charge in [-0.2, -0.15) is 0 Å². The molecule has 1 spiro atoms. The van der Waals surface area contributed by atoms with E-state index < -0.39 is 5.41 Å². The van der Waals surface area contributed by atoms with Gasteiger partial charge in [-0.05, 0) is 69.8 Å². The van der Waals surface area contributed by atoms with Crippen LogP contribution < -0.4 is 10.1 Å². The minimum Gasteiger partial charge on any atom is -0.457 e. The van der Waals surface area contributed by atoms with Gasteiger partial charge in [0.05, 0.1) is 16.5 Å². The quantitative estimate of drug-likeness (QED) is 0.223. The Kier molecular flexibility index (Phi) is 5.20. The average molecular weight is 590 g/mol. The van der Waals surface area contributed by atoms with Crippen LogP contribution in [0.5, 0.6) is 11.5 Å². The van der Waals surface area contributed by atoms with E-state index in [0.29, 0.717) is 0 Å². The van der Waals surface area contributed by atoms with Gasteiger partial charge >= 0.3 is 0 Å². The summed E-state index contributed by atoms with van der Waals surface area (Å²) in [7, 11) is 0. The van der Waals surface area contributed by atoms with E-state index in [-0.39, 0.29) is 0 Å². The van der Waals surface area contributed by atoms with Gasteiger partial charge in [-0.15, -0.1) is 0 Å². The molecule has 216 valence electrons. The topological polar surface area (TPSA) is 34.4 Å². The molecule has 1 N–H and O–H groups in total. The molecule has 46 heavy (non-hydrogen) atoms. The molecule has 3 nitrogen and oxygen atoms in total. The van der Waals surface area contributed by atoms with Gasteiger partial charge in [-0.3, -0.25) is 0 Å². The summed E-state index contributed by atoms with van der Waals surface area (Å²) < 4.78 is 13.0. The molecule has 0 saturated carbocycles. The molecule has 10 rings (SSSR count). The fraction of sp³-hybridized carbons (Fsp3) is 0.0233. The second kappa shape index (κ2) is 9.47. The highest BCUT2D eigenvalue weighted by molar-refractivity contribution is 6.13. The van der Waals surface area contributed by atoms with Crippen LogP contribution in [0, 0.1) is 0 Å². The lowest BCUT2D eigenvalue weighted by Crippen LogP contribution is -2.32. The number of fused-ring (bicyclic) bond motifs is 12. The molecule has 0 atom stereocenters. The molecule has 1 aromatic heterocycles. The van der Waals surface area contributed by atoms with Crippen LogP contribution in [0.25, 0.3) is 44.2 Å². The molecule has 0 radical (unpaired) electrons. The third-order valence-electron chi connectivity index (χ3n) is 9.73. The van der Waals surface area contributed by atoms with Gasteiger partial charge in [-0.1, -0.05) is 115 Å². The van der Waals surface area contributed by atoms with E-state index in [9.17, 15) is 0 Å². The molecule has 0 fully saturated rings. The fourth-order valence-corrected chi connectivity index (χ4v) is 7.84. The lowest BCUT2D eigenvalue weighted by molar-refractivity contribution is 0.436. The van der Waals surface area contributed by atoms with Gasteiger partial charge in [0, 0.05) is 28.3 Å². The number of hydrogen-bond donors (Lipinski definition) is 1. The standard InChI is InChI=1S/C43H27NO2/c1-2-11-27(12-3-1)28-21-24-38-32(25-28)42-37(18-10-20-40(42)45-38)44-29-22-23-36-41(26-29)46-39-19-9-8-17-35(39)43(36)33-15-6-4-13-30(33)31-14-5-7-16-34(31)43/h1-26,44H. The van der Waals surface area contributed by atoms with Gasteiger partial charge in [0.15, 0.2) is 0 Å². The normalized spacial score (nSPS) is 13.6. The second-order valence-corrected chi connectivity index (χ2v) is 12.1. The summed E-state index contributed by atoms with van der Waals surface area (Å²) in [6.07, 6.45) is 0. The lowest BCUT2D eigenvalue weighted by Gasteiger charge is -2.39. The summed E-state index contributed by atoms with van der Waals surface area (Å²) in [4.78, 5) is 0. The van der Waals surface area contributed by atoms with Crippen molar-refractivity contribution in [1.29, 1.82) is 0 Å². The number of hydrogen-bond acceptors (Lipinski definition) is 3. The number of rotatable bonds is 3. The van der Waals surface area contributed by atoms with Gasteiger partial charge < -0.3 is 14.5 Å². The summed E-state index contributed by atoms with van der Waals surface area (Å²) in [5.74, 6) is 1.74. The molecule has 0 unspecified atom stereocenters. The Morgan fingerprint density at radius 3 is 1.96 bits per heavy atom. The molecule has 2 heterocycles. The highest BCUT2D eigenvalue weighted by atomic mass is 16.5. The maximum absolute atomic E-state index is 6.72. The first-order valence-corrected chi connectivity index (χ1v) is 15.7. The van der Waals surface area contributed by atoms with E-state index >= 15 is 0 Å². The minimum absolute atomic E-state index is 0.468. The molecular formula is C43H27NO2. The zero-order valence-corrected chi connectivity index (χ0v) is 24.8. The van der Waals surface area contributed by atoms with Crippen LogP contribution in [0.4, 0.5) is 11.4 Å². The first-order chi connectivity index (χ1) is 22.8. The lowest BCUT2D eigenvalue weighted by atomic mass is 9.66. The van der Waals surface area contributed by atoms with Gasteiger partial charge in [0.1, 0.15) is 22.7 Å². The van der Waals surface area contributed by atoms with Gasteiger partial charge in [0.2, 0.25) is 0 Å². The van der Waals surface area contributed by atoms with Crippen molar-refractivity contribution < 1.29 is 9.15 Å². The summed E-state index contributed by atoms with van der Waals surface area (Å²) >= 11 is 0. The summed E-state index contributed by atoms with van der Waals surface area (Å²) in [5.41, 5.74) is 13.0. The molecule has 2 aliphatic rings. The van der Waals surface area contributed by atoms with E-state index in [0.717, 1.165) is 55.9 Å². The Labute approximate surface area is 266 Å². The van der Waals surface area contributed by atoms with Crippen LogP contribution in [-0.4, -0.2) is 0 Å². The summed E-state index contributed by atoms with van der Waals surface area (Å²) in [5, 5.41) is 5.88. The van der Waals surface area contributed by atoms with E-state index in [2.05, 4.69) is 145 Å². The molecule has 7 aromatic carbocycles. The van der Waals surface area contributed by atoms with E-state index in [1.165, 1.54) is 33.4 Å². The van der Waals surface area contributed by atoms with Crippen molar-refractivity contribution in [3.63, 3.8) is 0 Å². The maximum atomic E-state index is 6.72. The van der Waals surface area contributed by atoms with Crippen molar-refractivity contribution in [2.45, 2.75) is 5.41 Å². The predicted octanol–water partition coefficient (Wildman–Crippen LogP) is 11.5. The third kappa shape index (κ3) is 3.43. The van der Waals surface area contributed by atoms with Gasteiger partial charge in [-0.25, -0.2) is 0 Å². The van der Waals surface area contributed by atoms with Crippen LogP contribution in [0.2, 0.25) is 0 Å². The maximum Gasteiger partial charge on any atom is 0.137 e. The van der Waals surface area contributed by atoms with Crippen molar-refractivity contribution in [1.82, 2.24) is 0 Å². The Bertz CT molecular complexity index is 2440. The molecule has 1 aliphatic heterocycles. The van der Waals surface area contributed by atoms with E-state index in [1.54, 1.807) is 0 Å². The zero-order chi connectivity index (χ0) is 30.2. The largest absolute Gasteiger partial charge is 0.457 e. The molecule has 3 heteroatoms. The molecule has 0 saturated heterocycles. The number of anilines is 2. The first-order valence-electron chi connectivity index (χ1n) is 15.7. The van der Waals surface area contributed by atoms with Crippen LogP contribution in [0.15, 0.2) is 162 Å². The number of nitrogens with one attached hydrogen (secondary N) is 1. The smallest absolute Gasteiger partial charge is 0.137 e. The SMILES string of the molecule is c1ccc(-c2ccc3oc4cccc(Nc5ccc6c(c5)Oc5ccccc5C65c6ccccc6-c6ccccc65)c4c3c2)cc1. The van der Waals surface area contributed by atoms with E-state index in [1.807, 2.05) is 18.2 Å². The van der Waals surface area contributed by atoms with Crippen molar-refractivity contribution in [3.8, 4) is 33.8 Å². The number of ether oxygens (including phenoxy) is 1. The van der Waals surface area contributed by atoms with Crippen LogP contribution >= 0.6 is 0 Å². The Morgan fingerprint density at radius 1 is 0.457 bits per heavy atom. The van der Waals surface area contributed by atoms with Crippen molar-refractivity contribution in [2.24, 2.45) is 0 Å². The monoisotopic (exact) mass is 589 g/mol. The summed E-state index contributed by atoms with van der Waals surface area (Å²) in [6.45, 7) is 0. The van der Waals surface area contributed by atoms with Crippen molar-refractivity contribution in [3.05, 3.63) is 180 Å².